The van der Waals surface area contributed by atoms with Gasteiger partial charge in [-0.15, -0.1) is 0 Å². The van der Waals surface area contributed by atoms with Crippen LogP contribution in [0.5, 0.6) is 0 Å². The highest BCUT2D eigenvalue weighted by Crippen LogP contribution is 2.31. The summed E-state index contributed by atoms with van der Waals surface area (Å²) >= 11 is 0. The first-order chi connectivity index (χ1) is 5.71. The average Bonchev–Trinajstić information content (AvgIpc) is 2.29. The van der Waals surface area contributed by atoms with E-state index in [0.29, 0.717) is 0 Å². The van der Waals surface area contributed by atoms with Crippen LogP contribution in [0.4, 0.5) is 0 Å². The zero-order valence-electron chi connectivity index (χ0n) is 8.31. The maximum Gasteiger partial charge on any atom is 0.0826 e. The average molecular weight is 171 g/mol. The van der Waals surface area contributed by atoms with Gasteiger partial charge in [0.2, 0.25) is 0 Å². The van der Waals surface area contributed by atoms with Gasteiger partial charge in [0, 0.05) is 13.2 Å². The van der Waals surface area contributed by atoms with Crippen molar-refractivity contribution in [3.8, 4) is 0 Å². The van der Waals surface area contributed by atoms with Crippen molar-refractivity contribution >= 4 is 0 Å². The van der Waals surface area contributed by atoms with E-state index < -0.39 is 0 Å². The minimum Gasteiger partial charge on any atom is -0.377 e. The fourth-order valence-corrected chi connectivity index (χ4v) is 2.17. The van der Waals surface area contributed by atoms with E-state index in [1.807, 2.05) is 0 Å². The third kappa shape index (κ3) is 1.99. The third-order valence-corrected chi connectivity index (χ3v) is 3.19. The molecule has 1 saturated carbocycles. The number of hydrogen-bond donors (Lipinski definition) is 1. The van der Waals surface area contributed by atoms with Crippen molar-refractivity contribution in [2.45, 2.75) is 57.1 Å². The molecule has 2 heteroatoms. The van der Waals surface area contributed by atoms with E-state index >= 15 is 0 Å². The first kappa shape index (κ1) is 10.0. The lowest BCUT2D eigenvalue weighted by molar-refractivity contribution is -0.0388. The first-order valence-electron chi connectivity index (χ1n) is 5.02. The van der Waals surface area contributed by atoms with E-state index in [0.717, 1.165) is 12.8 Å². The van der Waals surface area contributed by atoms with E-state index in [1.165, 1.54) is 25.7 Å². The van der Waals surface area contributed by atoms with Gasteiger partial charge in [0.1, 0.15) is 0 Å². The topological polar surface area (TPSA) is 35.2 Å². The number of methoxy groups -OCH3 is 1. The molecule has 0 amide bonds. The van der Waals surface area contributed by atoms with Crippen LogP contribution in [0.15, 0.2) is 0 Å². The minimum atomic E-state index is -0.0174. The lowest BCUT2D eigenvalue weighted by Crippen LogP contribution is -2.47. The Kier molecular flexibility index (Phi) is 3.53. The summed E-state index contributed by atoms with van der Waals surface area (Å²) in [4.78, 5) is 0. The van der Waals surface area contributed by atoms with Gasteiger partial charge in [-0.2, -0.15) is 0 Å². The molecule has 0 saturated heterocycles. The summed E-state index contributed by atoms with van der Waals surface area (Å²) in [6, 6.07) is 0.167. The van der Waals surface area contributed by atoms with Gasteiger partial charge in [0.15, 0.2) is 0 Å². The van der Waals surface area contributed by atoms with Crippen molar-refractivity contribution in [3.05, 3.63) is 0 Å². The molecule has 1 fully saturated rings. The van der Waals surface area contributed by atoms with Crippen LogP contribution in [0.3, 0.4) is 0 Å². The fourth-order valence-electron chi connectivity index (χ4n) is 2.17. The molecule has 0 aromatic heterocycles. The second-order valence-electron chi connectivity index (χ2n) is 3.97. The van der Waals surface area contributed by atoms with Crippen molar-refractivity contribution in [1.29, 1.82) is 0 Å². The highest BCUT2D eigenvalue weighted by molar-refractivity contribution is 4.89. The largest absolute Gasteiger partial charge is 0.377 e. The second kappa shape index (κ2) is 4.24. The van der Waals surface area contributed by atoms with Crippen molar-refractivity contribution < 1.29 is 4.74 Å². The molecule has 1 aliphatic rings. The quantitative estimate of drug-likeness (QED) is 0.645. The van der Waals surface area contributed by atoms with E-state index in [9.17, 15) is 0 Å². The Labute approximate surface area is 75.5 Å². The molecule has 72 valence electrons. The SMILES string of the molecule is COC1([C@@H](C)N)CCCCCC1. The van der Waals surface area contributed by atoms with E-state index in [1.54, 1.807) is 7.11 Å². The van der Waals surface area contributed by atoms with Gasteiger partial charge in [-0.3, -0.25) is 0 Å². The maximum absolute atomic E-state index is 5.96. The van der Waals surface area contributed by atoms with Gasteiger partial charge < -0.3 is 10.5 Å². The Morgan fingerprint density at radius 3 is 2.00 bits per heavy atom. The van der Waals surface area contributed by atoms with Gasteiger partial charge in [0.25, 0.3) is 0 Å². The van der Waals surface area contributed by atoms with Crippen molar-refractivity contribution in [3.63, 3.8) is 0 Å². The molecule has 0 unspecified atom stereocenters. The van der Waals surface area contributed by atoms with Gasteiger partial charge in [0.05, 0.1) is 5.60 Å². The maximum atomic E-state index is 5.96. The number of nitrogens with two attached hydrogens (primary N) is 1. The summed E-state index contributed by atoms with van der Waals surface area (Å²) in [5.41, 5.74) is 5.94. The van der Waals surface area contributed by atoms with Gasteiger partial charge in [-0.05, 0) is 19.8 Å². The van der Waals surface area contributed by atoms with Crippen LogP contribution < -0.4 is 5.73 Å². The standard InChI is InChI=1S/C10H21NO/c1-9(11)10(12-2)7-5-3-4-6-8-10/h9H,3-8,11H2,1-2H3/t9-/m1/s1. The van der Waals surface area contributed by atoms with E-state index in [4.69, 9.17) is 10.5 Å². The molecule has 0 bridgehead atoms. The molecule has 2 N–H and O–H groups in total. The smallest absolute Gasteiger partial charge is 0.0826 e. The van der Waals surface area contributed by atoms with Crippen LogP contribution in [0.25, 0.3) is 0 Å². The van der Waals surface area contributed by atoms with Crippen LogP contribution in [0.1, 0.15) is 45.4 Å². The van der Waals surface area contributed by atoms with Crippen LogP contribution in [0, 0.1) is 0 Å². The monoisotopic (exact) mass is 171 g/mol. The number of rotatable bonds is 2. The van der Waals surface area contributed by atoms with E-state index in [-0.39, 0.29) is 11.6 Å². The highest BCUT2D eigenvalue weighted by Gasteiger charge is 2.34. The highest BCUT2D eigenvalue weighted by atomic mass is 16.5. The Balaban J connectivity index is 2.61. The lowest BCUT2D eigenvalue weighted by atomic mass is 9.87. The Morgan fingerprint density at radius 2 is 1.67 bits per heavy atom. The Bertz CT molecular complexity index is 126. The molecule has 0 aromatic rings. The Morgan fingerprint density at radius 1 is 1.17 bits per heavy atom. The van der Waals surface area contributed by atoms with Crippen molar-refractivity contribution in [2.75, 3.05) is 7.11 Å². The van der Waals surface area contributed by atoms with Crippen LogP contribution in [0.2, 0.25) is 0 Å². The number of hydrogen-bond acceptors (Lipinski definition) is 2. The fraction of sp³-hybridized carbons (Fsp3) is 1.00. The van der Waals surface area contributed by atoms with Crippen molar-refractivity contribution in [1.82, 2.24) is 0 Å². The molecule has 0 heterocycles. The molecule has 12 heavy (non-hydrogen) atoms. The van der Waals surface area contributed by atoms with Crippen LogP contribution in [-0.2, 0) is 4.74 Å². The zero-order chi connectivity index (χ0) is 9.03. The second-order valence-corrected chi connectivity index (χ2v) is 3.97. The summed E-state index contributed by atoms with van der Waals surface area (Å²) in [6.07, 6.45) is 7.52. The molecule has 0 radical (unpaired) electrons. The van der Waals surface area contributed by atoms with Crippen LogP contribution in [-0.4, -0.2) is 18.8 Å². The third-order valence-electron chi connectivity index (χ3n) is 3.19. The molecule has 1 atom stereocenters. The molecular weight excluding hydrogens is 150 g/mol. The predicted octanol–water partition coefficient (Wildman–Crippen LogP) is 2.07. The van der Waals surface area contributed by atoms with Gasteiger partial charge in [-0.1, -0.05) is 25.7 Å². The molecule has 2 nitrogen and oxygen atoms in total. The molecule has 0 spiro atoms. The summed E-state index contributed by atoms with van der Waals surface area (Å²) in [6.45, 7) is 2.06. The zero-order valence-corrected chi connectivity index (χ0v) is 8.31. The summed E-state index contributed by atoms with van der Waals surface area (Å²) < 4.78 is 5.60. The normalized spacial score (nSPS) is 26.2. The molecule has 0 aliphatic heterocycles. The molecule has 1 aliphatic carbocycles. The van der Waals surface area contributed by atoms with Crippen LogP contribution >= 0.6 is 0 Å². The molecule has 0 aromatic carbocycles. The predicted molar refractivity (Wildman–Crippen MR) is 51.1 cm³/mol. The van der Waals surface area contributed by atoms with Gasteiger partial charge in [-0.25, -0.2) is 0 Å². The van der Waals surface area contributed by atoms with E-state index in [2.05, 4.69) is 6.92 Å². The summed E-state index contributed by atoms with van der Waals surface area (Å²) in [7, 11) is 1.80. The van der Waals surface area contributed by atoms with Crippen molar-refractivity contribution in [2.24, 2.45) is 5.73 Å². The lowest BCUT2D eigenvalue weighted by Gasteiger charge is -2.35. The summed E-state index contributed by atoms with van der Waals surface area (Å²) in [5, 5.41) is 0. The molecular formula is C10H21NO. The number of ether oxygens (including phenoxy) is 1. The Hall–Kier alpha value is -0.0800. The molecule has 1 rings (SSSR count). The summed E-state index contributed by atoms with van der Waals surface area (Å²) in [5.74, 6) is 0. The van der Waals surface area contributed by atoms with Gasteiger partial charge >= 0.3 is 0 Å². The minimum absolute atomic E-state index is 0.0174. The first-order valence-corrected chi connectivity index (χ1v) is 5.02.